The van der Waals surface area contributed by atoms with Crippen LogP contribution in [0.2, 0.25) is 0 Å². The van der Waals surface area contributed by atoms with Crippen LogP contribution < -0.4 is 0 Å². The monoisotopic (exact) mass is 229 g/mol. The Balaban J connectivity index is 2.13. The number of aliphatic imine (C=N–C) groups is 1. The number of allylic oxidation sites excluding steroid dienone is 2. The Bertz CT molecular complexity index is 349. The molecule has 92 valence electrons. The van der Waals surface area contributed by atoms with E-state index in [-0.39, 0.29) is 0 Å². The van der Waals surface area contributed by atoms with Gasteiger partial charge in [0, 0.05) is 11.9 Å². The number of benzene rings is 1. The van der Waals surface area contributed by atoms with Crippen LogP contribution in [0.4, 0.5) is 0 Å². The van der Waals surface area contributed by atoms with Gasteiger partial charge in [-0.25, -0.2) is 0 Å². The van der Waals surface area contributed by atoms with Crippen molar-refractivity contribution in [3.8, 4) is 0 Å². The van der Waals surface area contributed by atoms with Crippen molar-refractivity contribution in [3.63, 3.8) is 0 Å². The van der Waals surface area contributed by atoms with Crippen molar-refractivity contribution in [3.05, 3.63) is 47.7 Å². The zero-order valence-electron chi connectivity index (χ0n) is 11.0. The summed E-state index contributed by atoms with van der Waals surface area (Å²) in [5.41, 5.74) is 2.66. The minimum absolute atomic E-state index is 1.11. The van der Waals surface area contributed by atoms with Crippen LogP contribution in [0.3, 0.4) is 0 Å². The maximum atomic E-state index is 4.33. The Kier molecular flexibility index (Phi) is 7.04. The second kappa shape index (κ2) is 8.74. The van der Waals surface area contributed by atoms with E-state index in [1.807, 2.05) is 13.1 Å². The molecule has 0 fully saturated rings. The average molecular weight is 229 g/mol. The van der Waals surface area contributed by atoms with Crippen LogP contribution in [0, 0.1) is 0 Å². The molecule has 0 saturated carbocycles. The summed E-state index contributed by atoms with van der Waals surface area (Å²) < 4.78 is 0. The van der Waals surface area contributed by atoms with Gasteiger partial charge in [0.15, 0.2) is 0 Å². The molecule has 0 bridgehead atoms. The van der Waals surface area contributed by atoms with Gasteiger partial charge in [0.1, 0.15) is 0 Å². The molecule has 0 aromatic heterocycles. The molecule has 0 atom stereocenters. The van der Waals surface area contributed by atoms with Crippen molar-refractivity contribution in [2.24, 2.45) is 4.99 Å². The fraction of sp³-hybridized carbons (Fsp3) is 0.438. The zero-order valence-corrected chi connectivity index (χ0v) is 11.0. The van der Waals surface area contributed by atoms with Crippen LogP contribution in [-0.2, 0) is 6.42 Å². The summed E-state index contributed by atoms with van der Waals surface area (Å²) in [6, 6.07) is 10.7. The summed E-state index contributed by atoms with van der Waals surface area (Å²) in [4.78, 5) is 4.33. The normalized spacial score (nSPS) is 12.2. The van der Waals surface area contributed by atoms with E-state index in [0.29, 0.717) is 0 Å². The molecular formula is C16H23N. The lowest BCUT2D eigenvalue weighted by Gasteiger charge is -2.02. The molecule has 17 heavy (non-hydrogen) atoms. The van der Waals surface area contributed by atoms with E-state index in [0.717, 1.165) is 6.42 Å². The molecule has 0 radical (unpaired) electrons. The van der Waals surface area contributed by atoms with Gasteiger partial charge < -0.3 is 0 Å². The Morgan fingerprint density at radius 3 is 2.47 bits per heavy atom. The Morgan fingerprint density at radius 2 is 1.82 bits per heavy atom. The molecule has 0 N–H and O–H groups in total. The van der Waals surface area contributed by atoms with Gasteiger partial charge in [-0.15, -0.1) is 0 Å². The molecule has 0 amide bonds. The van der Waals surface area contributed by atoms with Crippen LogP contribution in [0.1, 0.15) is 45.1 Å². The standard InChI is InChI=1S/C16H23N/c1-3-16(17-4-2)14-10-6-9-13-15-11-7-5-8-12-15/h3-5,7-8,11-12H,6,9-10,13-14H2,1-2H3/b16-3-,17-4?. The molecule has 1 aromatic carbocycles. The first-order valence-electron chi connectivity index (χ1n) is 6.54. The van der Waals surface area contributed by atoms with Gasteiger partial charge in [-0.05, 0) is 45.1 Å². The fourth-order valence-corrected chi connectivity index (χ4v) is 1.91. The van der Waals surface area contributed by atoms with Gasteiger partial charge in [0.25, 0.3) is 0 Å². The Morgan fingerprint density at radius 1 is 1.06 bits per heavy atom. The number of nitrogens with zero attached hydrogens (tertiary/aromatic N) is 1. The largest absolute Gasteiger partial charge is 0.266 e. The van der Waals surface area contributed by atoms with Crippen LogP contribution in [0.5, 0.6) is 0 Å². The first-order valence-corrected chi connectivity index (χ1v) is 6.54. The number of aryl methyl sites for hydroxylation is 1. The molecule has 1 nitrogen and oxygen atoms in total. The maximum Gasteiger partial charge on any atom is 0.0356 e. The minimum Gasteiger partial charge on any atom is -0.266 e. The molecule has 0 heterocycles. The van der Waals surface area contributed by atoms with Gasteiger partial charge >= 0.3 is 0 Å². The van der Waals surface area contributed by atoms with Crippen molar-refractivity contribution >= 4 is 6.21 Å². The molecule has 1 aromatic rings. The van der Waals surface area contributed by atoms with E-state index in [2.05, 4.69) is 48.3 Å². The Labute approximate surface area is 105 Å². The highest BCUT2D eigenvalue weighted by Crippen LogP contribution is 2.12. The third-order valence-corrected chi connectivity index (χ3v) is 2.87. The third kappa shape index (κ3) is 6.06. The first kappa shape index (κ1) is 13.7. The van der Waals surface area contributed by atoms with Crippen LogP contribution in [-0.4, -0.2) is 6.21 Å². The van der Waals surface area contributed by atoms with E-state index >= 15 is 0 Å². The lowest BCUT2D eigenvalue weighted by atomic mass is 10.1. The number of unbranched alkanes of at least 4 members (excludes halogenated alkanes) is 2. The summed E-state index contributed by atoms with van der Waals surface area (Å²) >= 11 is 0. The predicted molar refractivity (Wildman–Crippen MR) is 76.5 cm³/mol. The van der Waals surface area contributed by atoms with Crippen molar-refractivity contribution in [1.29, 1.82) is 0 Å². The fourth-order valence-electron chi connectivity index (χ4n) is 1.91. The van der Waals surface area contributed by atoms with E-state index in [1.165, 1.54) is 36.9 Å². The smallest absolute Gasteiger partial charge is 0.0356 e. The second-order valence-electron chi connectivity index (χ2n) is 4.21. The summed E-state index contributed by atoms with van der Waals surface area (Å²) in [5.74, 6) is 0. The minimum atomic E-state index is 1.11. The van der Waals surface area contributed by atoms with Gasteiger partial charge in [0.05, 0.1) is 0 Å². The highest BCUT2D eigenvalue weighted by atomic mass is 14.7. The third-order valence-electron chi connectivity index (χ3n) is 2.87. The van der Waals surface area contributed by atoms with Gasteiger partial charge in [0.2, 0.25) is 0 Å². The van der Waals surface area contributed by atoms with Crippen molar-refractivity contribution < 1.29 is 0 Å². The molecule has 1 heteroatoms. The highest BCUT2D eigenvalue weighted by Gasteiger charge is 1.95. The van der Waals surface area contributed by atoms with Crippen LogP contribution in [0.15, 0.2) is 47.1 Å². The lowest BCUT2D eigenvalue weighted by molar-refractivity contribution is 0.673. The van der Waals surface area contributed by atoms with Gasteiger partial charge in [-0.1, -0.05) is 42.8 Å². The van der Waals surface area contributed by atoms with Crippen LogP contribution in [0.25, 0.3) is 0 Å². The first-order chi connectivity index (χ1) is 8.36. The van der Waals surface area contributed by atoms with Crippen molar-refractivity contribution in [2.45, 2.75) is 46.0 Å². The predicted octanol–water partition coefficient (Wildman–Crippen LogP) is 4.78. The van der Waals surface area contributed by atoms with Crippen molar-refractivity contribution in [2.75, 3.05) is 0 Å². The van der Waals surface area contributed by atoms with Gasteiger partial charge in [-0.2, -0.15) is 0 Å². The summed E-state index contributed by atoms with van der Waals surface area (Å²) in [7, 11) is 0. The molecular weight excluding hydrogens is 206 g/mol. The van der Waals surface area contributed by atoms with Crippen molar-refractivity contribution in [1.82, 2.24) is 0 Å². The van der Waals surface area contributed by atoms with E-state index < -0.39 is 0 Å². The molecule has 0 aliphatic heterocycles. The van der Waals surface area contributed by atoms with E-state index in [4.69, 9.17) is 0 Å². The summed E-state index contributed by atoms with van der Waals surface area (Å²) in [5, 5.41) is 0. The summed E-state index contributed by atoms with van der Waals surface area (Å²) in [6.07, 6.45) is 10.1. The van der Waals surface area contributed by atoms with Crippen LogP contribution >= 0.6 is 0 Å². The molecule has 0 spiro atoms. The molecule has 0 aliphatic carbocycles. The molecule has 0 aliphatic rings. The SMILES string of the molecule is CC=N/C(=C\C)CCCCCc1ccccc1. The number of hydrogen-bond donors (Lipinski definition) is 0. The van der Waals surface area contributed by atoms with E-state index in [9.17, 15) is 0 Å². The lowest BCUT2D eigenvalue weighted by Crippen LogP contribution is -1.86. The quantitative estimate of drug-likeness (QED) is 0.471. The average Bonchev–Trinajstić information content (AvgIpc) is 2.38. The topological polar surface area (TPSA) is 12.4 Å². The molecule has 0 unspecified atom stereocenters. The maximum absolute atomic E-state index is 4.33. The van der Waals surface area contributed by atoms with E-state index in [1.54, 1.807) is 0 Å². The molecule has 0 saturated heterocycles. The number of rotatable bonds is 7. The zero-order chi connectivity index (χ0) is 12.3. The Hall–Kier alpha value is -1.37. The molecule has 1 rings (SSSR count). The van der Waals surface area contributed by atoms with Gasteiger partial charge in [-0.3, -0.25) is 4.99 Å². The summed E-state index contributed by atoms with van der Waals surface area (Å²) in [6.45, 7) is 4.03. The number of hydrogen-bond acceptors (Lipinski definition) is 1. The highest BCUT2D eigenvalue weighted by molar-refractivity contribution is 5.55. The second-order valence-corrected chi connectivity index (χ2v) is 4.21.